The molecule has 0 heterocycles. The smallest absolute Gasteiger partial charge is 0.221 e. The van der Waals surface area contributed by atoms with Crippen molar-refractivity contribution in [3.63, 3.8) is 0 Å². The lowest BCUT2D eigenvalue weighted by Gasteiger charge is -2.20. The maximum Gasteiger partial charge on any atom is 0.221 e. The Labute approximate surface area is 92.2 Å². The topological polar surface area (TPSA) is 75.4 Å². The Hall–Kier alpha value is -0.610. The standard InChI is InChI=1S/C11H24N2O2/c1-4-5-9(12)6-11(15)13-10(7-14)8(2)3/h8-10,14H,4-7,12H2,1-3H3,(H,13,15). The molecule has 0 aromatic rings. The van der Waals surface area contributed by atoms with E-state index in [1.165, 1.54) is 0 Å². The average Bonchev–Trinajstić information content (AvgIpc) is 2.13. The summed E-state index contributed by atoms with van der Waals surface area (Å²) in [6, 6.07) is -0.229. The number of rotatable bonds is 7. The predicted molar refractivity (Wildman–Crippen MR) is 61.4 cm³/mol. The molecule has 0 aliphatic rings. The van der Waals surface area contributed by atoms with E-state index >= 15 is 0 Å². The molecule has 0 aromatic heterocycles. The van der Waals surface area contributed by atoms with Crippen molar-refractivity contribution < 1.29 is 9.90 Å². The third-order valence-electron chi connectivity index (χ3n) is 2.45. The molecule has 4 heteroatoms. The molecule has 0 aliphatic carbocycles. The zero-order valence-corrected chi connectivity index (χ0v) is 9.99. The summed E-state index contributed by atoms with van der Waals surface area (Å²) in [4.78, 5) is 11.5. The van der Waals surface area contributed by atoms with Crippen molar-refractivity contribution in [3.05, 3.63) is 0 Å². The molecular weight excluding hydrogens is 192 g/mol. The highest BCUT2D eigenvalue weighted by molar-refractivity contribution is 5.76. The van der Waals surface area contributed by atoms with Crippen LogP contribution in [-0.2, 0) is 4.79 Å². The molecule has 15 heavy (non-hydrogen) atoms. The molecule has 1 amide bonds. The third-order valence-corrected chi connectivity index (χ3v) is 2.45. The fourth-order valence-corrected chi connectivity index (χ4v) is 1.40. The zero-order chi connectivity index (χ0) is 11.8. The average molecular weight is 216 g/mol. The van der Waals surface area contributed by atoms with Gasteiger partial charge in [0.05, 0.1) is 12.6 Å². The second kappa shape index (κ2) is 7.65. The van der Waals surface area contributed by atoms with Crippen LogP contribution in [0.15, 0.2) is 0 Å². The number of amides is 1. The van der Waals surface area contributed by atoms with Gasteiger partial charge in [-0.05, 0) is 12.3 Å². The normalized spacial score (nSPS) is 15.1. The lowest BCUT2D eigenvalue weighted by molar-refractivity contribution is -0.122. The number of nitrogens with two attached hydrogens (primary N) is 1. The van der Waals surface area contributed by atoms with E-state index in [4.69, 9.17) is 10.8 Å². The van der Waals surface area contributed by atoms with Gasteiger partial charge in [0.2, 0.25) is 5.91 Å². The Bertz CT molecular complexity index is 183. The van der Waals surface area contributed by atoms with E-state index in [1.807, 2.05) is 20.8 Å². The van der Waals surface area contributed by atoms with E-state index in [0.29, 0.717) is 6.42 Å². The van der Waals surface area contributed by atoms with Crippen molar-refractivity contribution in [3.8, 4) is 0 Å². The summed E-state index contributed by atoms with van der Waals surface area (Å²) >= 11 is 0. The van der Waals surface area contributed by atoms with E-state index < -0.39 is 0 Å². The van der Waals surface area contributed by atoms with Gasteiger partial charge in [0.1, 0.15) is 0 Å². The summed E-state index contributed by atoms with van der Waals surface area (Å²) in [5.41, 5.74) is 5.76. The maximum absolute atomic E-state index is 11.5. The molecule has 0 spiro atoms. The molecule has 4 nitrogen and oxygen atoms in total. The first-order valence-corrected chi connectivity index (χ1v) is 5.67. The van der Waals surface area contributed by atoms with Gasteiger partial charge in [0, 0.05) is 12.5 Å². The van der Waals surface area contributed by atoms with Crippen LogP contribution in [0.2, 0.25) is 0 Å². The van der Waals surface area contributed by atoms with E-state index in [0.717, 1.165) is 12.8 Å². The highest BCUT2D eigenvalue weighted by Gasteiger charge is 2.16. The Morgan fingerprint density at radius 1 is 1.47 bits per heavy atom. The molecule has 90 valence electrons. The number of nitrogens with one attached hydrogen (secondary N) is 1. The van der Waals surface area contributed by atoms with Crippen LogP contribution >= 0.6 is 0 Å². The summed E-state index contributed by atoms with van der Waals surface area (Å²) in [5.74, 6) is 0.171. The molecule has 0 aromatic carbocycles. The zero-order valence-electron chi connectivity index (χ0n) is 9.99. The maximum atomic E-state index is 11.5. The molecule has 0 aliphatic heterocycles. The van der Waals surface area contributed by atoms with Gasteiger partial charge in [-0.15, -0.1) is 0 Å². The van der Waals surface area contributed by atoms with Gasteiger partial charge in [-0.25, -0.2) is 0 Å². The van der Waals surface area contributed by atoms with Crippen LogP contribution in [-0.4, -0.2) is 29.7 Å². The Kier molecular flexibility index (Phi) is 7.34. The van der Waals surface area contributed by atoms with Gasteiger partial charge >= 0.3 is 0 Å². The van der Waals surface area contributed by atoms with Gasteiger partial charge in [-0.1, -0.05) is 27.2 Å². The number of hydrogen-bond donors (Lipinski definition) is 3. The van der Waals surface area contributed by atoms with Crippen LogP contribution in [0.4, 0.5) is 0 Å². The molecule has 0 fully saturated rings. The van der Waals surface area contributed by atoms with Gasteiger partial charge in [0.25, 0.3) is 0 Å². The highest BCUT2D eigenvalue weighted by Crippen LogP contribution is 2.03. The molecule has 0 rings (SSSR count). The summed E-state index contributed by atoms with van der Waals surface area (Å²) in [5, 5.41) is 11.8. The molecule has 0 bridgehead atoms. The number of carbonyl (C=O) groups is 1. The first-order chi connectivity index (χ1) is 7.01. The van der Waals surface area contributed by atoms with Crippen molar-refractivity contribution >= 4 is 5.91 Å². The second-order valence-electron chi connectivity index (χ2n) is 4.35. The number of aliphatic hydroxyl groups excluding tert-OH is 1. The molecular formula is C11H24N2O2. The molecule has 2 unspecified atom stereocenters. The summed E-state index contributed by atoms with van der Waals surface area (Å²) in [6.07, 6.45) is 2.19. The summed E-state index contributed by atoms with van der Waals surface area (Å²) in [6.45, 7) is 5.95. The van der Waals surface area contributed by atoms with Gasteiger partial charge in [0.15, 0.2) is 0 Å². The van der Waals surface area contributed by atoms with Crippen molar-refractivity contribution in [2.24, 2.45) is 11.7 Å². The van der Waals surface area contributed by atoms with Crippen LogP contribution in [0.3, 0.4) is 0 Å². The van der Waals surface area contributed by atoms with Crippen LogP contribution < -0.4 is 11.1 Å². The van der Waals surface area contributed by atoms with E-state index in [9.17, 15) is 4.79 Å². The lowest BCUT2D eigenvalue weighted by Crippen LogP contribution is -2.43. The minimum Gasteiger partial charge on any atom is -0.394 e. The van der Waals surface area contributed by atoms with Gasteiger partial charge < -0.3 is 16.2 Å². The minimum atomic E-state index is -0.161. The van der Waals surface area contributed by atoms with Crippen LogP contribution in [0, 0.1) is 5.92 Å². The lowest BCUT2D eigenvalue weighted by atomic mass is 10.0. The first-order valence-electron chi connectivity index (χ1n) is 5.67. The SMILES string of the molecule is CCCC(N)CC(=O)NC(CO)C(C)C. The molecule has 4 N–H and O–H groups in total. The summed E-state index contributed by atoms with van der Waals surface area (Å²) in [7, 11) is 0. The largest absolute Gasteiger partial charge is 0.394 e. The van der Waals surface area contributed by atoms with Gasteiger partial charge in [-0.3, -0.25) is 4.79 Å². The fraction of sp³-hybridized carbons (Fsp3) is 0.909. The van der Waals surface area contributed by atoms with Crippen molar-refractivity contribution in [1.29, 1.82) is 0 Å². The summed E-state index contributed by atoms with van der Waals surface area (Å²) < 4.78 is 0. The number of carbonyl (C=O) groups excluding carboxylic acids is 1. The van der Waals surface area contributed by atoms with Crippen molar-refractivity contribution in [2.75, 3.05) is 6.61 Å². The Morgan fingerprint density at radius 3 is 2.47 bits per heavy atom. The molecule has 0 saturated heterocycles. The van der Waals surface area contributed by atoms with E-state index in [-0.39, 0.29) is 30.5 Å². The minimum absolute atomic E-state index is 0.0214. The van der Waals surface area contributed by atoms with Crippen molar-refractivity contribution in [2.45, 2.75) is 52.1 Å². The van der Waals surface area contributed by atoms with Crippen LogP contribution in [0.25, 0.3) is 0 Å². The molecule has 0 saturated carbocycles. The predicted octanol–water partition coefficient (Wildman–Crippen LogP) is 0.637. The third kappa shape index (κ3) is 6.47. The Balaban J connectivity index is 3.90. The second-order valence-corrected chi connectivity index (χ2v) is 4.35. The monoisotopic (exact) mass is 216 g/mol. The first kappa shape index (κ1) is 14.4. The number of hydrogen-bond acceptors (Lipinski definition) is 3. The quantitative estimate of drug-likeness (QED) is 0.584. The fourth-order valence-electron chi connectivity index (χ4n) is 1.40. The van der Waals surface area contributed by atoms with Crippen LogP contribution in [0.1, 0.15) is 40.0 Å². The highest BCUT2D eigenvalue weighted by atomic mass is 16.3. The van der Waals surface area contributed by atoms with Crippen LogP contribution in [0.5, 0.6) is 0 Å². The van der Waals surface area contributed by atoms with Gasteiger partial charge in [-0.2, -0.15) is 0 Å². The van der Waals surface area contributed by atoms with Crippen molar-refractivity contribution in [1.82, 2.24) is 5.32 Å². The van der Waals surface area contributed by atoms with E-state index in [1.54, 1.807) is 0 Å². The van der Waals surface area contributed by atoms with E-state index in [2.05, 4.69) is 5.32 Å². The molecule has 2 atom stereocenters. The molecule has 0 radical (unpaired) electrons. The number of aliphatic hydroxyl groups is 1. The Morgan fingerprint density at radius 2 is 2.07 bits per heavy atom.